The van der Waals surface area contributed by atoms with Gasteiger partial charge in [-0.2, -0.15) is 4.39 Å². The molecule has 2 heterocycles. The second-order valence-electron chi connectivity index (χ2n) is 4.89. The van der Waals surface area contributed by atoms with Gasteiger partial charge >= 0.3 is 0 Å². The van der Waals surface area contributed by atoms with E-state index in [1.807, 2.05) is 17.5 Å². The molecular formula is C14H15FN2OS. The molecule has 0 unspecified atom stereocenters. The van der Waals surface area contributed by atoms with Crippen LogP contribution in [0.15, 0.2) is 35.7 Å². The van der Waals surface area contributed by atoms with Gasteiger partial charge in [0, 0.05) is 16.8 Å². The molecule has 0 fully saturated rings. The van der Waals surface area contributed by atoms with Crippen molar-refractivity contribution in [3.8, 4) is 0 Å². The van der Waals surface area contributed by atoms with Gasteiger partial charge in [0.25, 0.3) is 5.91 Å². The fourth-order valence-electron chi connectivity index (χ4n) is 1.68. The van der Waals surface area contributed by atoms with Crippen LogP contribution < -0.4 is 5.32 Å². The van der Waals surface area contributed by atoms with E-state index in [0.717, 1.165) is 0 Å². The second-order valence-corrected chi connectivity index (χ2v) is 5.84. The minimum absolute atomic E-state index is 0.0991. The van der Waals surface area contributed by atoms with Crippen molar-refractivity contribution in [2.75, 3.05) is 6.54 Å². The fourth-order valence-corrected chi connectivity index (χ4v) is 2.53. The Labute approximate surface area is 115 Å². The zero-order valence-corrected chi connectivity index (χ0v) is 11.6. The van der Waals surface area contributed by atoms with Crippen LogP contribution in [0.5, 0.6) is 0 Å². The summed E-state index contributed by atoms with van der Waals surface area (Å²) in [5.41, 5.74) is -0.0565. The van der Waals surface area contributed by atoms with Crippen LogP contribution in [-0.2, 0) is 5.41 Å². The van der Waals surface area contributed by atoms with E-state index in [2.05, 4.69) is 24.1 Å². The number of carbonyl (C=O) groups excluding carboxylic acids is 1. The topological polar surface area (TPSA) is 42.0 Å². The van der Waals surface area contributed by atoms with Crippen LogP contribution in [0.3, 0.4) is 0 Å². The first-order valence-electron chi connectivity index (χ1n) is 5.94. The quantitative estimate of drug-likeness (QED) is 0.874. The highest BCUT2D eigenvalue weighted by Gasteiger charge is 2.22. The van der Waals surface area contributed by atoms with E-state index in [9.17, 15) is 9.18 Å². The highest BCUT2D eigenvalue weighted by molar-refractivity contribution is 7.10. The molecule has 0 aromatic carbocycles. The van der Waals surface area contributed by atoms with Gasteiger partial charge < -0.3 is 5.32 Å². The Morgan fingerprint density at radius 2 is 2.16 bits per heavy atom. The summed E-state index contributed by atoms with van der Waals surface area (Å²) >= 11 is 1.65. The van der Waals surface area contributed by atoms with Gasteiger partial charge in [0.05, 0.1) is 0 Å². The van der Waals surface area contributed by atoms with Crippen molar-refractivity contribution in [3.63, 3.8) is 0 Å². The van der Waals surface area contributed by atoms with Crippen LogP contribution >= 0.6 is 11.3 Å². The summed E-state index contributed by atoms with van der Waals surface area (Å²) < 4.78 is 12.9. The molecule has 0 aliphatic carbocycles. The zero-order chi connectivity index (χ0) is 13.9. The van der Waals surface area contributed by atoms with E-state index >= 15 is 0 Å². The number of hydrogen-bond donors (Lipinski definition) is 1. The largest absolute Gasteiger partial charge is 0.350 e. The lowest BCUT2D eigenvalue weighted by Crippen LogP contribution is -2.36. The van der Waals surface area contributed by atoms with Crippen LogP contribution in [-0.4, -0.2) is 17.4 Å². The lowest BCUT2D eigenvalue weighted by molar-refractivity contribution is 0.0939. The highest BCUT2D eigenvalue weighted by atomic mass is 32.1. The molecule has 0 atom stereocenters. The van der Waals surface area contributed by atoms with Crippen molar-refractivity contribution in [1.82, 2.24) is 10.3 Å². The summed E-state index contributed by atoms with van der Waals surface area (Å²) in [6.45, 7) is 4.58. The molecule has 2 aromatic heterocycles. The molecule has 3 nitrogen and oxygen atoms in total. The van der Waals surface area contributed by atoms with Gasteiger partial charge in [-0.25, -0.2) is 4.98 Å². The van der Waals surface area contributed by atoms with Gasteiger partial charge in [0.2, 0.25) is 5.95 Å². The van der Waals surface area contributed by atoms with Gasteiger partial charge in [-0.15, -0.1) is 11.3 Å². The smallest absolute Gasteiger partial charge is 0.270 e. The summed E-state index contributed by atoms with van der Waals surface area (Å²) in [5, 5.41) is 4.80. The maximum atomic E-state index is 12.9. The van der Waals surface area contributed by atoms with Gasteiger partial charge in [0.15, 0.2) is 0 Å². The average Bonchev–Trinajstić information content (AvgIpc) is 2.90. The summed E-state index contributed by atoms with van der Waals surface area (Å²) in [5.74, 6) is -1.01. The number of nitrogens with one attached hydrogen (secondary N) is 1. The molecule has 2 aromatic rings. The van der Waals surface area contributed by atoms with Crippen molar-refractivity contribution in [1.29, 1.82) is 0 Å². The molecule has 0 saturated carbocycles. The summed E-state index contributed by atoms with van der Waals surface area (Å²) in [4.78, 5) is 16.6. The van der Waals surface area contributed by atoms with Crippen molar-refractivity contribution in [3.05, 3.63) is 52.2 Å². The molecule has 19 heavy (non-hydrogen) atoms. The summed E-state index contributed by atoms with van der Waals surface area (Å²) in [6, 6.07) is 8.21. The Hall–Kier alpha value is -1.75. The lowest BCUT2D eigenvalue weighted by atomic mass is 9.91. The number of halogens is 1. The molecule has 2 rings (SSSR count). The van der Waals surface area contributed by atoms with Crippen molar-refractivity contribution in [2.24, 2.45) is 0 Å². The number of thiophene rings is 1. The Morgan fingerprint density at radius 1 is 1.37 bits per heavy atom. The Kier molecular flexibility index (Phi) is 3.95. The number of aromatic nitrogens is 1. The number of hydrogen-bond acceptors (Lipinski definition) is 3. The highest BCUT2D eigenvalue weighted by Crippen LogP contribution is 2.26. The van der Waals surface area contributed by atoms with Crippen LogP contribution in [0.1, 0.15) is 29.2 Å². The Morgan fingerprint density at radius 3 is 2.79 bits per heavy atom. The molecule has 1 N–H and O–H groups in total. The Bertz CT molecular complexity index is 567. The minimum Gasteiger partial charge on any atom is -0.350 e. The zero-order valence-electron chi connectivity index (χ0n) is 10.8. The number of rotatable bonds is 4. The second kappa shape index (κ2) is 5.48. The minimum atomic E-state index is -0.648. The van der Waals surface area contributed by atoms with Crippen LogP contribution in [0.4, 0.5) is 4.39 Å². The number of pyridine rings is 1. The van der Waals surface area contributed by atoms with Crippen LogP contribution in [0, 0.1) is 5.95 Å². The van der Waals surface area contributed by atoms with Gasteiger partial charge in [-0.05, 0) is 23.6 Å². The average molecular weight is 278 g/mol. The monoisotopic (exact) mass is 278 g/mol. The maximum Gasteiger partial charge on any atom is 0.270 e. The van der Waals surface area contributed by atoms with Crippen molar-refractivity contribution >= 4 is 17.2 Å². The first-order chi connectivity index (χ1) is 8.99. The Balaban J connectivity index is 2.01. The predicted molar refractivity (Wildman–Crippen MR) is 73.9 cm³/mol. The molecule has 0 saturated heterocycles. The van der Waals surface area contributed by atoms with E-state index in [-0.39, 0.29) is 17.0 Å². The maximum absolute atomic E-state index is 12.9. The molecule has 0 aliphatic rings. The third-order valence-electron chi connectivity index (χ3n) is 2.83. The van der Waals surface area contributed by atoms with E-state index in [1.165, 1.54) is 23.1 Å². The van der Waals surface area contributed by atoms with Gasteiger partial charge in [0.1, 0.15) is 5.69 Å². The molecule has 5 heteroatoms. The van der Waals surface area contributed by atoms with Crippen molar-refractivity contribution in [2.45, 2.75) is 19.3 Å². The number of amides is 1. The first-order valence-corrected chi connectivity index (χ1v) is 6.82. The molecule has 0 radical (unpaired) electrons. The standard InChI is InChI=1S/C14H15FN2OS/c1-14(2,11-6-4-8-19-11)9-16-13(18)10-5-3-7-12(15)17-10/h3-8H,9H2,1-2H3,(H,16,18). The third kappa shape index (κ3) is 3.38. The number of nitrogens with zero attached hydrogens (tertiary/aromatic N) is 1. The van der Waals surface area contributed by atoms with Gasteiger partial charge in [-0.1, -0.05) is 26.0 Å². The van der Waals surface area contributed by atoms with E-state index in [0.29, 0.717) is 6.54 Å². The molecule has 0 aliphatic heterocycles. The molecule has 0 spiro atoms. The summed E-state index contributed by atoms with van der Waals surface area (Å²) in [6.07, 6.45) is 0. The van der Waals surface area contributed by atoms with E-state index < -0.39 is 5.95 Å². The van der Waals surface area contributed by atoms with E-state index in [4.69, 9.17) is 0 Å². The molecule has 0 bridgehead atoms. The predicted octanol–water partition coefficient (Wildman–Crippen LogP) is 2.99. The lowest BCUT2D eigenvalue weighted by Gasteiger charge is -2.23. The van der Waals surface area contributed by atoms with Crippen molar-refractivity contribution < 1.29 is 9.18 Å². The SMILES string of the molecule is CC(C)(CNC(=O)c1cccc(F)n1)c1cccs1. The first kappa shape index (κ1) is 13.7. The molecule has 1 amide bonds. The van der Waals surface area contributed by atoms with Crippen LogP contribution in [0.2, 0.25) is 0 Å². The summed E-state index contributed by atoms with van der Waals surface area (Å²) in [7, 11) is 0. The van der Waals surface area contributed by atoms with Crippen LogP contribution in [0.25, 0.3) is 0 Å². The van der Waals surface area contributed by atoms with Gasteiger partial charge in [-0.3, -0.25) is 4.79 Å². The van der Waals surface area contributed by atoms with E-state index in [1.54, 1.807) is 11.3 Å². The fraction of sp³-hybridized carbons (Fsp3) is 0.286. The third-order valence-corrected chi connectivity index (χ3v) is 4.06. The normalized spacial score (nSPS) is 11.3. The molecule has 100 valence electrons. The number of carbonyl (C=O) groups is 1. The molecular weight excluding hydrogens is 263 g/mol.